The zero-order valence-electron chi connectivity index (χ0n) is 18.5. The molecule has 1 heterocycles. The number of halogens is 1. The molecule has 0 spiro atoms. The molecule has 2 aromatic rings. The minimum Gasteiger partial charge on any atom is -0.455 e. The number of aryl methyl sites for hydroxylation is 2. The molecule has 0 aromatic heterocycles. The molecule has 1 fully saturated rings. The number of carbonyl (C=O) groups is 3. The molecule has 0 unspecified atom stereocenters. The molecule has 6 nitrogen and oxygen atoms in total. The van der Waals surface area contributed by atoms with E-state index in [4.69, 9.17) is 16.3 Å². The number of piperidine rings is 1. The normalized spacial score (nSPS) is 14.2. The first-order chi connectivity index (χ1) is 15.4. The van der Waals surface area contributed by atoms with Crippen LogP contribution in [0.15, 0.2) is 42.5 Å². The van der Waals surface area contributed by atoms with E-state index < -0.39 is 5.97 Å². The number of amides is 2. The summed E-state index contributed by atoms with van der Waals surface area (Å²) in [7, 11) is 0. The van der Waals surface area contributed by atoms with Crippen molar-refractivity contribution in [2.45, 2.75) is 39.5 Å². The van der Waals surface area contributed by atoms with Gasteiger partial charge in [0.1, 0.15) is 0 Å². The predicted molar refractivity (Wildman–Crippen MR) is 125 cm³/mol. The molecule has 0 bridgehead atoms. The number of ether oxygens (including phenoxy) is 1. The van der Waals surface area contributed by atoms with Gasteiger partial charge in [-0.1, -0.05) is 43.6 Å². The van der Waals surface area contributed by atoms with Crippen molar-refractivity contribution >= 4 is 35.1 Å². The van der Waals surface area contributed by atoms with Crippen molar-refractivity contribution in [3.8, 4) is 0 Å². The number of nitrogens with zero attached hydrogens (tertiary/aromatic N) is 1. The van der Waals surface area contributed by atoms with Crippen LogP contribution >= 0.6 is 11.6 Å². The van der Waals surface area contributed by atoms with Gasteiger partial charge in [0.05, 0.1) is 5.92 Å². The summed E-state index contributed by atoms with van der Waals surface area (Å²) in [6.45, 7) is 4.70. The molecule has 32 heavy (non-hydrogen) atoms. The molecule has 1 aliphatic rings. The monoisotopic (exact) mass is 456 g/mol. The van der Waals surface area contributed by atoms with Crippen LogP contribution in [0.25, 0.3) is 0 Å². The highest BCUT2D eigenvalue weighted by Crippen LogP contribution is 2.23. The number of carbonyl (C=O) groups excluding carboxylic acids is 3. The molecular weight excluding hydrogens is 428 g/mol. The highest BCUT2D eigenvalue weighted by atomic mass is 35.5. The Morgan fingerprint density at radius 1 is 1.00 bits per heavy atom. The van der Waals surface area contributed by atoms with E-state index in [0.717, 1.165) is 29.7 Å². The fourth-order valence-electron chi connectivity index (χ4n) is 3.93. The Morgan fingerprint density at radius 2 is 1.59 bits per heavy atom. The van der Waals surface area contributed by atoms with Crippen molar-refractivity contribution in [1.29, 1.82) is 0 Å². The fraction of sp³-hybridized carbons (Fsp3) is 0.400. The number of likely N-dealkylation sites (tertiary alicyclic amines) is 1. The zero-order valence-corrected chi connectivity index (χ0v) is 19.3. The minimum atomic E-state index is -0.391. The Hall–Kier alpha value is -2.86. The van der Waals surface area contributed by atoms with Gasteiger partial charge < -0.3 is 15.0 Å². The third kappa shape index (κ3) is 5.88. The molecule has 1 saturated heterocycles. The van der Waals surface area contributed by atoms with Crippen molar-refractivity contribution in [1.82, 2.24) is 4.90 Å². The van der Waals surface area contributed by atoms with Crippen LogP contribution in [-0.2, 0) is 27.2 Å². The molecule has 0 radical (unpaired) electrons. The van der Waals surface area contributed by atoms with Crippen LogP contribution in [-0.4, -0.2) is 42.4 Å². The average Bonchev–Trinajstić information content (AvgIpc) is 2.82. The van der Waals surface area contributed by atoms with E-state index in [-0.39, 0.29) is 24.3 Å². The summed E-state index contributed by atoms with van der Waals surface area (Å²) in [6, 6.07) is 12.7. The van der Waals surface area contributed by atoms with Gasteiger partial charge in [-0.25, -0.2) is 0 Å². The maximum absolute atomic E-state index is 12.6. The number of nitrogens with one attached hydrogen (secondary N) is 1. The van der Waals surface area contributed by atoms with Gasteiger partial charge in [0, 0.05) is 29.4 Å². The van der Waals surface area contributed by atoms with Crippen molar-refractivity contribution in [3.05, 3.63) is 64.2 Å². The van der Waals surface area contributed by atoms with Gasteiger partial charge >= 0.3 is 5.97 Å². The Morgan fingerprint density at radius 3 is 2.16 bits per heavy atom. The first-order valence-corrected chi connectivity index (χ1v) is 11.4. The van der Waals surface area contributed by atoms with Crippen LogP contribution in [0.4, 0.5) is 5.69 Å². The number of esters is 1. The summed E-state index contributed by atoms with van der Waals surface area (Å²) in [4.78, 5) is 39.2. The van der Waals surface area contributed by atoms with Gasteiger partial charge in [-0.3, -0.25) is 14.4 Å². The second kappa shape index (κ2) is 11.1. The standard InChI is InChI=1S/C25H29ClN2O4/c1-3-17-6-5-7-18(4-2)23(17)27-22(29)16-32-25(31)20-12-14-28(15-13-20)24(30)19-8-10-21(26)11-9-19/h5-11,20H,3-4,12-16H2,1-2H3,(H,27,29). The largest absolute Gasteiger partial charge is 0.455 e. The molecule has 2 aromatic carbocycles. The Kier molecular flexibility index (Phi) is 8.28. The SMILES string of the molecule is CCc1cccc(CC)c1NC(=O)COC(=O)C1CCN(C(=O)c2ccc(Cl)cc2)CC1. The Bertz CT molecular complexity index is 944. The summed E-state index contributed by atoms with van der Waals surface area (Å²) in [5, 5.41) is 3.48. The second-order valence-electron chi connectivity index (χ2n) is 7.89. The van der Waals surface area contributed by atoms with Gasteiger partial charge in [0.25, 0.3) is 11.8 Å². The number of anilines is 1. The maximum Gasteiger partial charge on any atom is 0.309 e. The predicted octanol–water partition coefficient (Wildman–Crippen LogP) is 4.50. The molecule has 0 aliphatic carbocycles. The van der Waals surface area contributed by atoms with Crippen molar-refractivity contribution in [2.24, 2.45) is 5.92 Å². The van der Waals surface area contributed by atoms with Gasteiger partial charge in [-0.15, -0.1) is 0 Å². The first kappa shape index (κ1) is 23.8. The smallest absolute Gasteiger partial charge is 0.309 e. The summed E-state index contributed by atoms with van der Waals surface area (Å²) < 4.78 is 5.29. The van der Waals surface area contributed by atoms with Crippen molar-refractivity contribution in [3.63, 3.8) is 0 Å². The molecule has 1 N–H and O–H groups in total. The lowest BCUT2D eigenvalue weighted by Crippen LogP contribution is -2.41. The number of benzene rings is 2. The van der Waals surface area contributed by atoms with Crippen LogP contribution < -0.4 is 5.32 Å². The topological polar surface area (TPSA) is 75.7 Å². The molecule has 3 rings (SSSR count). The van der Waals surface area contributed by atoms with Crippen LogP contribution in [0.1, 0.15) is 48.2 Å². The number of hydrogen-bond acceptors (Lipinski definition) is 4. The second-order valence-corrected chi connectivity index (χ2v) is 8.32. The van der Waals surface area contributed by atoms with Crippen LogP contribution in [0.5, 0.6) is 0 Å². The molecule has 2 amide bonds. The van der Waals surface area contributed by atoms with E-state index >= 15 is 0 Å². The lowest BCUT2D eigenvalue weighted by atomic mass is 9.96. The van der Waals surface area contributed by atoms with Gasteiger partial charge in [0.15, 0.2) is 6.61 Å². The number of hydrogen-bond donors (Lipinski definition) is 1. The summed E-state index contributed by atoms with van der Waals surface area (Å²) in [6.07, 6.45) is 2.63. The first-order valence-electron chi connectivity index (χ1n) is 11.0. The van der Waals surface area contributed by atoms with Crippen LogP contribution in [0.2, 0.25) is 5.02 Å². The lowest BCUT2D eigenvalue weighted by molar-refractivity contribution is -0.152. The van der Waals surface area contributed by atoms with Crippen molar-refractivity contribution in [2.75, 3.05) is 25.0 Å². The Balaban J connectivity index is 1.48. The van der Waals surface area contributed by atoms with Crippen LogP contribution in [0.3, 0.4) is 0 Å². The highest BCUT2D eigenvalue weighted by Gasteiger charge is 2.29. The fourth-order valence-corrected chi connectivity index (χ4v) is 4.05. The van der Waals surface area contributed by atoms with E-state index in [1.54, 1.807) is 29.2 Å². The van der Waals surface area contributed by atoms with Crippen LogP contribution in [0, 0.1) is 5.92 Å². The van der Waals surface area contributed by atoms with Gasteiger partial charge in [0.2, 0.25) is 0 Å². The summed E-state index contributed by atoms with van der Waals surface area (Å²) >= 11 is 5.88. The maximum atomic E-state index is 12.6. The lowest BCUT2D eigenvalue weighted by Gasteiger charge is -2.31. The van der Waals surface area contributed by atoms with E-state index in [1.165, 1.54) is 0 Å². The quantitative estimate of drug-likeness (QED) is 0.622. The molecule has 1 aliphatic heterocycles. The van der Waals surface area contributed by atoms with E-state index in [0.29, 0.717) is 36.5 Å². The molecule has 7 heteroatoms. The third-order valence-electron chi connectivity index (χ3n) is 5.82. The molecular formula is C25H29ClN2O4. The number of rotatable bonds is 7. The summed E-state index contributed by atoms with van der Waals surface area (Å²) in [5.74, 6) is -1.12. The highest BCUT2D eigenvalue weighted by molar-refractivity contribution is 6.30. The third-order valence-corrected chi connectivity index (χ3v) is 6.07. The number of para-hydroxylation sites is 1. The Labute approximate surface area is 193 Å². The molecule has 170 valence electrons. The van der Waals surface area contributed by atoms with E-state index in [1.807, 2.05) is 32.0 Å². The average molecular weight is 457 g/mol. The van der Waals surface area contributed by atoms with Crippen molar-refractivity contribution < 1.29 is 19.1 Å². The van der Waals surface area contributed by atoms with Gasteiger partial charge in [-0.05, 0) is 61.1 Å². The molecule has 0 atom stereocenters. The minimum absolute atomic E-state index is 0.0748. The van der Waals surface area contributed by atoms with E-state index in [2.05, 4.69) is 5.32 Å². The van der Waals surface area contributed by atoms with E-state index in [9.17, 15) is 14.4 Å². The van der Waals surface area contributed by atoms with Gasteiger partial charge in [-0.2, -0.15) is 0 Å². The molecule has 0 saturated carbocycles. The zero-order chi connectivity index (χ0) is 23.1. The summed E-state index contributed by atoms with van der Waals surface area (Å²) in [5.41, 5.74) is 3.50.